The molecule has 2 rings (SSSR count). The van der Waals surface area contributed by atoms with Gasteiger partial charge in [-0.2, -0.15) is 0 Å². The van der Waals surface area contributed by atoms with Crippen molar-refractivity contribution in [1.29, 1.82) is 0 Å². The summed E-state index contributed by atoms with van der Waals surface area (Å²) in [6.07, 6.45) is 2.92. The molecule has 1 heterocycles. The molecule has 0 saturated heterocycles. The average molecular weight is 515 g/mol. The van der Waals surface area contributed by atoms with E-state index < -0.39 is 0 Å². The van der Waals surface area contributed by atoms with E-state index in [0.29, 0.717) is 43.5 Å². The Balaban J connectivity index is 0.00000420. The molecule has 0 bridgehead atoms. The van der Waals surface area contributed by atoms with E-state index in [9.17, 15) is 9.18 Å². The Labute approximate surface area is 187 Å². The highest BCUT2D eigenvalue weighted by molar-refractivity contribution is 14.0. The second-order valence-electron chi connectivity index (χ2n) is 6.03. The van der Waals surface area contributed by atoms with Gasteiger partial charge < -0.3 is 20.7 Å². The van der Waals surface area contributed by atoms with Crippen molar-refractivity contribution < 1.29 is 13.9 Å². The molecule has 2 aromatic rings. The normalized spacial score (nSPS) is 11.8. The van der Waals surface area contributed by atoms with Crippen LogP contribution < -0.4 is 20.7 Å². The fourth-order valence-electron chi connectivity index (χ4n) is 2.33. The molecule has 0 fully saturated rings. The number of nitrogens with one attached hydrogen (secondary N) is 3. The van der Waals surface area contributed by atoms with Crippen LogP contribution in [0.3, 0.4) is 0 Å². The first-order valence-electron chi connectivity index (χ1n) is 9.21. The molecule has 1 amide bonds. The monoisotopic (exact) mass is 515 g/mol. The van der Waals surface area contributed by atoms with Crippen molar-refractivity contribution in [3.05, 3.63) is 60.2 Å². The fraction of sp³-hybridized carbons (Fsp3) is 0.350. The minimum Gasteiger partial charge on any atom is -0.489 e. The molecular weight excluding hydrogens is 488 g/mol. The van der Waals surface area contributed by atoms with Crippen LogP contribution in [-0.2, 0) is 0 Å². The van der Waals surface area contributed by atoms with Crippen LogP contribution in [0.1, 0.15) is 24.2 Å². The zero-order valence-electron chi connectivity index (χ0n) is 16.5. The van der Waals surface area contributed by atoms with E-state index >= 15 is 0 Å². The van der Waals surface area contributed by atoms with Gasteiger partial charge in [-0.05, 0) is 38.1 Å². The summed E-state index contributed by atoms with van der Waals surface area (Å²) in [7, 11) is 0. The van der Waals surface area contributed by atoms with E-state index in [2.05, 4.69) is 25.9 Å². The molecule has 9 heteroatoms. The zero-order valence-corrected chi connectivity index (χ0v) is 18.9. The number of carbonyl (C=O) groups is 1. The maximum atomic E-state index is 13.2. The summed E-state index contributed by atoms with van der Waals surface area (Å²) in [4.78, 5) is 20.3. The molecule has 29 heavy (non-hydrogen) atoms. The van der Waals surface area contributed by atoms with Gasteiger partial charge >= 0.3 is 0 Å². The average Bonchev–Trinajstić information content (AvgIpc) is 2.69. The number of benzene rings is 1. The number of carbonyl (C=O) groups excluding carboxylic acids is 1. The number of pyridine rings is 1. The first kappa shape index (κ1) is 24.6. The van der Waals surface area contributed by atoms with E-state index in [4.69, 9.17) is 4.74 Å². The highest BCUT2D eigenvalue weighted by atomic mass is 127. The van der Waals surface area contributed by atoms with Gasteiger partial charge in [0.05, 0.1) is 12.1 Å². The quantitative estimate of drug-likeness (QED) is 0.207. The molecule has 3 N–H and O–H groups in total. The Kier molecular flexibility index (Phi) is 11.6. The molecule has 0 spiro atoms. The van der Waals surface area contributed by atoms with Gasteiger partial charge in [-0.3, -0.25) is 9.78 Å². The maximum absolute atomic E-state index is 13.2. The van der Waals surface area contributed by atoms with Crippen molar-refractivity contribution in [2.75, 3.05) is 26.2 Å². The Bertz CT molecular complexity index is 776. The molecular formula is C20H27FIN5O2. The summed E-state index contributed by atoms with van der Waals surface area (Å²) < 4.78 is 18.9. The molecule has 1 aromatic carbocycles. The van der Waals surface area contributed by atoms with Crippen molar-refractivity contribution >= 4 is 35.8 Å². The number of aliphatic imine (C=N–C) groups is 1. The molecule has 0 saturated carbocycles. The number of ether oxygens (including phenoxy) is 1. The Morgan fingerprint density at radius 2 is 2.00 bits per heavy atom. The van der Waals surface area contributed by atoms with Crippen LogP contribution in [0, 0.1) is 5.82 Å². The summed E-state index contributed by atoms with van der Waals surface area (Å²) >= 11 is 0. The van der Waals surface area contributed by atoms with Crippen molar-refractivity contribution in [3.63, 3.8) is 0 Å². The van der Waals surface area contributed by atoms with Gasteiger partial charge in [0.2, 0.25) is 0 Å². The lowest BCUT2D eigenvalue weighted by Crippen LogP contribution is -2.42. The van der Waals surface area contributed by atoms with Crippen molar-refractivity contribution in [1.82, 2.24) is 20.9 Å². The number of nitrogens with zero attached hydrogens (tertiary/aromatic N) is 2. The molecule has 0 aliphatic rings. The van der Waals surface area contributed by atoms with Gasteiger partial charge in [-0.15, -0.1) is 24.0 Å². The largest absolute Gasteiger partial charge is 0.489 e. The topological polar surface area (TPSA) is 87.6 Å². The zero-order chi connectivity index (χ0) is 20.2. The Morgan fingerprint density at radius 1 is 1.21 bits per heavy atom. The Hall–Kier alpha value is -2.43. The number of amides is 1. The summed E-state index contributed by atoms with van der Waals surface area (Å²) in [5.74, 6) is 0.581. The summed E-state index contributed by atoms with van der Waals surface area (Å²) in [6.45, 7) is 5.88. The number of halogens is 2. The van der Waals surface area contributed by atoms with Crippen LogP contribution in [0.2, 0.25) is 0 Å². The standard InChI is InChI=1S/C20H26FN5O2.HI/c1-3-23-20(25-11-10-24-19(27)16-6-5-9-22-14-16)26-13-15(2)28-18-8-4-7-17(21)12-18;/h4-9,12,14-15H,3,10-11,13H2,1-2H3,(H,24,27)(H2,23,25,26);1H. The van der Waals surface area contributed by atoms with Crippen LogP contribution in [0.25, 0.3) is 0 Å². The molecule has 1 unspecified atom stereocenters. The predicted octanol–water partition coefficient (Wildman–Crippen LogP) is 2.59. The predicted molar refractivity (Wildman–Crippen MR) is 122 cm³/mol. The number of aromatic nitrogens is 1. The summed E-state index contributed by atoms with van der Waals surface area (Å²) in [5, 5.41) is 9.10. The number of rotatable bonds is 9. The van der Waals surface area contributed by atoms with Crippen molar-refractivity contribution in [2.45, 2.75) is 20.0 Å². The van der Waals surface area contributed by atoms with Crippen LogP contribution in [-0.4, -0.2) is 49.1 Å². The maximum Gasteiger partial charge on any atom is 0.252 e. The van der Waals surface area contributed by atoms with Crippen molar-refractivity contribution in [3.8, 4) is 5.75 Å². The smallest absolute Gasteiger partial charge is 0.252 e. The molecule has 7 nitrogen and oxygen atoms in total. The molecule has 0 aliphatic heterocycles. The first-order chi connectivity index (χ1) is 13.6. The van der Waals surface area contributed by atoms with E-state index in [1.807, 2.05) is 13.8 Å². The summed E-state index contributed by atoms with van der Waals surface area (Å²) in [6, 6.07) is 9.45. The molecule has 1 aromatic heterocycles. The fourth-order valence-corrected chi connectivity index (χ4v) is 2.33. The number of hydrogen-bond acceptors (Lipinski definition) is 4. The van der Waals surface area contributed by atoms with Crippen LogP contribution >= 0.6 is 24.0 Å². The van der Waals surface area contributed by atoms with Gasteiger partial charge in [0.15, 0.2) is 5.96 Å². The van der Waals surface area contributed by atoms with Crippen LogP contribution in [0.5, 0.6) is 5.75 Å². The van der Waals surface area contributed by atoms with E-state index in [0.717, 1.165) is 0 Å². The van der Waals surface area contributed by atoms with Crippen LogP contribution in [0.4, 0.5) is 4.39 Å². The third kappa shape index (κ3) is 9.55. The molecule has 158 valence electrons. The van der Waals surface area contributed by atoms with Gasteiger partial charge in [-0.25, -0.2) is 9.38 Å². The van der Waals surface area contributed by atoms with Gasteiger partial charge in [-0.1, -0.05) is 6.07 Å². The van der Waals surface area contributed by atoms with E-state index in [-0.39, 0.29) is 41.8 Å². The minimum absolute atomic E-state index is 0. The SMILES string of the molecule is CCNC(=NCC(C)Oc1cccc(F)c1)NCCNC(=O)c1cccnc1.I. The van der Waals surface area contributed by atoms with Crippen LogP contribution in [0.15, 0.2) is 53.8 Å². The molecule has 0 radical (unpaired) electrons. The highest BCUT2D eigenvalue weighted by Crippen LogP contribution is 2.13. The summed E-state index contributed by atoms with van der Waals surface area (Å²) in [5.41, 5.74) is 0.520. The van der Waals surface area contributed by atoms with E-state index in [1.165, 1.54) is 18.3 Å². The third-order valence-corrected chi connectivity index (χ3v) is 3.61. The number of guanidine groups is 1. The van der Waals surface area contributed by atoms with Crippen molar-refractivity contribution in [2.24, 2.45) is 4.99 Å². The first-order valence-corrected chi connectivity index (χ1v) is 9.21. The van der Waals surface area contributed by atoms with Gasteiger partial charge in [0, 0.05) is 38.1 Å². The van der Waals surface area contributed by atoms with E-state index in [1.54, 1.807) is 30.5 Å². The lowest BCUT2D eigenvalue weighted by atomic mass is 10.3. The minimum atomic E-state index is -0.337. The second-order valence-corrected chi connectivity index (χ2v) is 6.03. The third-order valence-electron chi connectivity index (χ3n) is 3.61. The Morgan fingerprint density at radius 3 is 2.69 bits per heavy atom. The lowest BCUT2D eigenvalue weighted by molar-refractivity contribution is 0.0954. The molecule has 1 atom stereocenters. The second kappa shape index (κ2) is 13.7. The van der Waals surface area contributed by atoms with Gasteiger partial charge in [0.25, 0.3) is 5.91 Å². The van der Waals surface area contributed by atoms with Gasteiger partial charge in [0.1, 0.15) is 17.7 Å². The number of hydrogen-bond donors (Lipinski definition) is 3. The lowest BCUT2D eigenvalue weighted by Gasteiger charge is -2.15. The molecule has 0 aliphatic carbocycles. The highest BCUT2D eigenvalue weighted by Gasteiger charge is 2.06.